The number of nitrogens with one attached hydrogen (secondary N) is 1. The van der Waals surface area contributed by atoms with Gasteiger partial charge in [-0.3, -0.25) is 4.79 Å². The van der Waals surface area contributed by atoms with E-state index in [1.807, 2.05) is 13.1 Å². The van der Waals surface area contributed by atoms with Crippen molar-refractivity contribution in [3.63, 3.8) is 0 Å². The average molecular weight is 352 g/mol. The van der Waals surface area contributed by atoms with Crippen molar-refractivity contribution in [2.24, 2.45) is 0 Å². The van der Waals surface area contributed by atoms with Crippen LogP contribution >= 0.6 is 0 Å². The first kappa shape index (κ1) is 18.2. The van der Waals surface area contributed by atoms with Gasteiger partial charge < -0.3 is 15.1 Å². The van der Waals surface area contributed by atoms with Crippen LogP contribution < -0.4 is 10.2 Å². The maximum atomic E-state index is 12.3. The smallest absolute Gasteiger partial charge is 0.237 e. The fraction of sp³-hybridized carbons (Fsp3) is 0.579. The molecule has 7 heteroatoms. The summed E-state index contributed by atoms with van der Waals surface area (Å²) < 4.78 is 0. The van der Waals surface area contributed by atoms with Gasteiger partial charge in [0.1, 0.15) is 17.9 Å². The number of hydrogen-bond acceptors (Lipinski definition) is 6. The standard InChI is InChI=1S/C19H24N6O/c1-24(18-7-4-14(10-20)12-23-18)16-6-5-15(9-16)22-13-19(26)25-8-2-3-17(25)11-21/h4,7,12,15-17,22H,2-3,5-6,8-9,13H2,1H3/t15-,16+,17-/m0/s1. The van der Waals surface area contributed by atoms with Gasteiger partial charge in [0, 0.05) is 31.9 Å². The fourth-order valence-electron chi connectivity index (χ4n) is 3.88. The molecule has 0 radical (unpaired) electrons. The van der Waals surface area contributed by atoms with Crippen LogP contribution in [0.15, 0.2) is 18.3 Å². The van der Waals surface area contributed by atoms with E-state index in [0.29, 0.717) is 30.7 Å². The topological polar surface area (TPSA) is 96.1 Å². The van der Waals surface area contributed by atoms with Crippen molar-refractivity contribution in [2.75, 3.05) is 25.0 Å². The first-order chi connectivity index (χ1) is 12.6. The highest BCUT2D eigenvalue weighted by atomic mass is 16.2. The third-order valence-corrected chi connectivity index (χ3v) is 5.46. The van der Waals surface area contributed by atoms with Gasteiger partial charge in [0.25, 0.3) is 0 Å². The molecule has 3 rings (SSSR count). The van der Waals surface area contributed by atoms with E-state index in [0.717, 1.165) is 37.9 Å². The number of hydrogen-bond donors (Lipinski definition) is 1. The van der Waals surface area contributed by atoms with Crippen molar-refractivity contribution in [2.45, 2.75) is 50.2 Å². The second-order valence-electron chi connectivity index (χ2n) is 7.05. The Bertz CT molecular complexity index is 719. The number of carbonyl (C=O) groups excluding carboxylic acids is 1. The lowest BCUT2D eigenvalue weighted by molar-refractivity contribution is -0.130. The molecule has 1 aromatic heterocycles. The molecule has 0 bridgehead atoms. The van der Waals surface area contributed by atoms with E-state index in [9.17, 15) is 4.79 Å². The van der Waals surface area contributed by atoms with Crippen LogP contribution in [-0.2, 0) is 4.79 Å². The molecule has 2 heterocycles. The Morgan fingerprint density at radius 1 is 1.38 bits per heavy atom. The van der Waals surface area contributed by atoms with Crippen LogP contribution in [0.3, 0.4) is 0 Å². The minimum atomic E-state index is -0.255. The Kier molecular flexibility index (Phi) is 5.70. The Morgan fingerprint density at radius 3 is 2.92 bits per heavy atom. The van der Waals surface area contributed by atoms with Crippen LogP contribution in [0.25, 0.3) is 0 Å². The molecule has 0 aromatic carbocycles. The lowest BCUT2D eigenvalue weighted by Gasteiger charge is -2.26. The number of aromatic nitrogens is 1. The number of nitriles is 2. The highest BCUT2D eigenvalue weighted by molar-refractivity contribution is 5.79. The van der Waals surface area contributed by atoms with Crippen LogP contribution in [0.2, 0.25) is 0 Å². The number of pyridine rings is 1. The summed E-state index contributed by atoms with van der Waals surface area (Å²) in [5.41, 5.74) is 0.559. The molecular formula is C19H24N6O. The van der Waals surface area contributed by atoms with Gasteiger partial charge in [-0.25, -0.2) is 4.98 Å². The molecule has 0 spiro atoms. The summed E-state index contributed by atoms with van der Waals surface area (Å²) in [6, 6.07) is 8.36. The van der Waals surface area contributed by atoms with Crippen molar-refractivity contribution in [1.82, 2.24) is 15.2 Å². The third-order valence-electron chi connectivity index (χ3n) is 5.46. The van der Waals surface area contributed by atoms with Gasteiger partial charge >= 0.3 is 0 Å². The Hall–Kier alpha value is -2.64. The van der Waals surface area contributed by atoms with Gasteiger partial charge in [0.05, 0.1) is 18.2 Å². The Labute approximate surface area is 154 Å². The monoisotopic (exact) mass is 352 g/mol. The van der Waals surface area contributed by atoms with Crippen LogP contribution in [0.4, 0.5) is 5.82 Å². The zero-order chi connectivity index (χ0) is 18.5. The van der Waals surface area contributed by atoms with Gasteiger partial charge in [-0.15, -0.1) is 0 Å². The van der Waals surface area contributed by atoms with Crippen LogP contribution in [0.5, 0.6) is 0 Å². The first-order valence-electron chi connectivity index (χ1n) is 9.14. The fourth-order valence-corrected chi connectivity index (χ4v) is 3.88. The van der Waals surface area contributed by atoms with Gasteiger partial charge in [-0.2, -0.15) is 10.5 Å². The largest absolute Gasteiger partial charge is 0.357 e. The molecule has 1 amide bonds. The quantitative estimate of drug-likeness (QED) is 0.861. The van der Waals surface area contributed by atoms with E-state index in [2.05, 4.69) is 27.3 Å². The molecule has 1 saturated heterocycles. The molecular weight excluding hydrogens is 328 g/mol. The maximum absolute atomic E-state index is 12.3. The van der Waals surface area contributed by atoms with E-state index in [1.165, 1.54) is 0 Å². The molecule has 26 heavy (non-hydrogen) atoms. The summed E-state index contributed by atoms with van der Waals surface area (Å²) in [6.45, 7) is 0.994. The van der Waals surface area contributed by atoms with Crippen LogP contribution in [-0.4, -0.2) is 54.1 Å². The molecule has 1 aromatic rings. The van der Waals surface area contributed by atoms with Gasteiger partial charge in [-0.05, 0) is 44.2 Å². The molecule has 1 N–H and O–H groups in total. The third kappa shape index (κ3) is 3.95. The Morgan fingerprint density at radius 2 is 2.23 bits per heavy atom. The number of carbonyl (C=O) groups is 1. The summed E-state index contributed by atoms with van der Waals surface area (Å²) in [7, 11) is 2.02. The molecule has 1 aliphatic heterocycles. The van der Waals surface area contributed by atoms with Gasteiger partial charge in [0.15, 0.2) is 0 Å². The molecule has 136 valence electrons. The average Bonchev–Trinajstić information content (AvgIpc) is 3.34. The molecule has 7 nitrogen and oxygen atoms in total. The predicted molar refractivity (Wildman–Crippen MR) is 97.1 cm³/mol. The number of likely N-dealkylation sites (tertiary alicyclic amines) is 1. The lowest BCUT2D eigenvalue weighted by atomic mass is 10.2. The predicted octanol–water partition coefficient (Wildman–Crippen LogP) is 1.41. The molecule has 1 saturated carbocycles. The van der Waals surface area contributed by atoms with E-state index in [1.54, 1.807) is 17.2 Å². The van der Waals surface area contributed by atoms with Crippen molar-refractivity contribution in [1.29, 1.82) is 10.5 Å². The summed E-state index contributed by atoms with van der Waals surface area (Å²) in [5, 5.41) is 21.3. The molecule has 2 fully saturated rings. The molecule has 2 aliphatic rings. The van der Waals surface area contributed by atoms with Crippen molar-refractivity contribution < 1.29 is 4.79 Å². The summed E-state index contributed by atoms with van der Waals surface area (Å²) in [4.78, 5) is 20.5. The first-order valence-corrected chi connectivity index (χ1v) is 9.14. The molecule has 3 atom stereocenters. The van der Waals surface area contributed by atoms with E-state index in [4.69, 9.17) is 10.5 Å². The number of nitrogens with zero attached hydrogens (tertiary/aromatic N) is 5. The molecule has 1 aliphatic carbocycles. The summed E-state index contributed by atoms with van der Waals surface area (Å²) in [6.07, 6.45) is 6.30. The normalized spacial score (nSPS) is 24.9. The summed E-state index contributed by atoms with van der Waals surface area (Å²) in [5.74, 6) is 0.888. The lowest BCUT2D eigenvalue weighted by Crippen LogP contribution is -2.43. The van der Waals surface area contributed by atoms with E-state index in [-0.39, 0.29) is 11.9 Å². The Balaban J connectivity index is 1.48. The van der Waals surface area contributed by atoms with E-state index < -0.39 is 0 Å². The number of anilines is 1. The van der Waals surface area contributed by atoms with Crippen molar-refractivity contribution >= 4 is 11.7 Å². The second kappa shape index (κ2) is 8.16. The highest BCUT2D eigenvalue weighted by Gasteiger charge is 2.31. The van der Waals surface area contributed by atoms with Crippen LogP contribution in [0.1, 0.15) is 37.7 Å². The zero-order valence-corrected chi connectivity index (χ0v) is 15.1. The SMILES string of the molecule is CN(c1ccc(C#N)cn1)[C@@H]1CC[C@H](NCC(=O)N2CCC[C@H]2C#N)C1. The minimum Gasteiger partial charge on any atom is -0.357 e. The van der Waals surface area contributed by atoms with Crippen molar-refractivity contribution in [3.8, 4) is 12.1 Å². The minimum absolute atomic E-state index is 0.0274. The zero-order valence-electron chi connectivity index (χ0n) is 15.1. The van der Waals surface area contributed by atoms with Gasteiger partial charge in [-0.1, -0.05) is 0 Å². The molecule has 0 unspecified atom stereocenters. The second-order valence-corrected chi connectivity index (χ2v) is 7.05. The van der Waals surface area contributed by atoms with E-state index >= 15 is 0 Å². The van der Waals surface area contributed by atoms with Crippen LogP contribution in [0, 0.1) is 22.7 Å². The maximum Gasteiger partial charge on any atom is 0.237 e. The van der Waals surface area contributed by atoms with Crippen molar-refractivity contribution in [3.05, 3.63) is 23.9 Å². The number of amides is 1. The number of rotatable bonds is 5. The highest BCUT2D eigenvalue weighted by Crippen LogP contribution is 2.26. The summed E-state index contributed by atoms with van der Waals surface area (Å²) >= 11 is 0. The van der Waals surface area contributed by atoms with Gasteiger partial charge in [0.2, 0.25) is 5.91 Å².